The second kappa shape index (κ2) is 9.03. The highest BCUT2D eigenvalue weighted by Crippen LogP contribution is 2.45. The maximum Gasteiger partial charge on any atom is 0.128 e. The highest BCUT2D eigenvalue weighted by molar-refractivity contribution is 6.10. The van der Waals surface area contributed by atoms with Gasteiger partial charge in [-0.05, 0) is 72.7 Å². The zero-order valence-corrected chi connectivity index (χ0v) is 22.2. The molecule has 1 aliphatic carbocycles. The predicted octanol–water partition coefficient (Wildman–Crippen LogP) is 9.47. The van der Waals surface area contributed by atoms with Crippen molar-refractivity contribution in [3.05, 3.63) is 145 Å². The Kier molecular flexibility index (Phi) is 5.17. The molecule has 8 rings (SSSR count). The topological polar surface area (TPSA) is 26.2 Å². The minimum absolute atomic E-state index is 0.00125. The molecule has 0 amide bonds. The molecular weight excluding hydrogens is 488 g/mol. The normalized spacial score (nSPS) is 17.4. The third kappa shape index (κ3) is 3.59. The summed E-state index contributed by atoms with van der Waals surface area (Å²) in [5.74, 6) is 1.10. The molecule has 1 N–H and O–H groups in total. The van der Waals surface area contributed by atoms with Crippen molar-refractivity contribution in [3.8, 4) is 16.9 Å². The standard InChI is InChI=1S/C37H28N2O/c1-24-10-2-3-11-27(24)28-12-4-7-15-33(28)38-25-18-20-36-31(22-25)32-23-26(19-21-37(32)40-36)39-34-16-8-5-13-29(34)30-14-6-9-17-35(30)39/h2-23,32,37-38H,1H3. The van der Waals surface area contributed by atoms with E-state index < -0.39 is 0 Å². The molecule has 0 saturated carbocycles. The zero-order chi connectivity index (χ0) is 26.6. The van der Waals surface area contributed by atoms with Crippen LogP contribution in [0.25, 0.3) is 38.6 Å². The predicted molar refractivity (Wildman–Crippen MR) is 166 cm³/mol. The number of aromatic nitrogens is 1. The van der Waals surface area contributed by atoms with Crippen molar-refractivity contribution in [3.63, 3.8) is 0 Å². The van der Waals surface area contributed by atoms with Crippen molar-refractivity contribution in [1.29, 1.82) is 0 Å². The lowest BCUT2D eigenvalue weighted by Gasteiger charge is -2.20. The number of allylic oxidation sites excluding steroid dienone is 2. The fourth-order valence-electron chi connectivity index (χ4n) is 6.37. The average Bonchev–Trinajstić information content (AvgIpc) is 3.53. The van der Waals surface area contributed by atoms with E-state index in [9.17, 15) is 0 Å². The Morgan fingerprint density at radius 2 is 1.38 bits per heavy atom. The summed E-state index contributed by atoms with van der Waals surface area (Å²) >= 11 is 0. The highest BCUT2D eigenvalue weighted by atomic mass is 16.5. The van der Waals surface area contributed by atoms with Crippen molar-refractivity contribution in [2.75, 3.05) is 5.32 Å². The Balaban J connectivity index is 1.19. The van der Waals surface area contributed by atoms with Gasteiger partial charge in [-0.25, -0.2) is 0 Å². The van der Waals surface area contributed by atoms with Crippen LogP contribution in [0.2, 0.25) is 0 Å². The number of hydrogen-bond acceptors (Lipinski definition) is 2. The van der Waals surface area contributed by atoms with Crippen molar-refractivity contribution >= 4 is 38.9 Å². The molecule has 0 fully saturated rings. The Labute approximate surface area is 233 Å². The second-order valence-electron chi connectivity index (χ2n) is 10.7. The van der Waals surface area contributed by atoms with Crippen LogP contribution in [0.1, 0.15) is 17.0 Å². The lowest BCUT2D eigenvalue weighted by molar-refractivity contribution is 0.269. The number of nitrogens with zero attached hydrogens (tertiary/aromatic N) is 1. The van der Waals surface area contributed by atoms with Gasteiger partial charge < -0.3 is 14.6 Å². The molecule has 5 aromatic carbocycles. The fourth-order valence-corrected chi connectivity index (χ4v) is 6.37. The molecular formula is C37H28N2O. The van der Waals surface area contributed by atoms with Gasteiger partial charge in [0.25, 0.3) is 0 Å². The van der Waals surface area contributed by atoms with Crippen molar-refractivity contribution in [2.24, 2.45) is 0 Å². The lowest BCUT2D eigenvalue weighted by atomic mass is 9.90. The van der Waals surface area contributed by atoms with Gasteiger partial charge in [-0.3, -0.25) is 0 Å². The molecule has 3 nitrogen and oxygen atoms in total. The Morgan fingerprint density at radius 1 is 0.700 bits per heavy atom. The SMILES string of the molecule is Cc1ccccc1-c1ccccc1Nc1ccc2c(c1)C1C=C(n3c4ccccc4c4ccccc43)C=CC1O2. The molecule has 3 heteroatoms. The number of ether oxygens (including phenoxy) is 1. The summed E-state index contributed by atoms with van der Waals surface area (Å²) in [6.45, 7) is 2.16. The van der Waals surface area contributed by atoms with Crippen LogP contribution in [0.5, 0.6) is 5.75 Å². The molecule has 2 atom stereocenters. The molecule has 1 aliphatic heterocycles. The van der Waals surface area contributed by atoms with Crippen LogP contribution in [-0.2, 0) is 0 Å². The third-order valence-electron chi connectivity index (χ3n) is 8.27. The molecule has 2 aliphatic rings. The zero-order valence-electron chi connectivity index (χ0n) is 22.2. The van der Waals surface area contributed by atoms with E-state index in [0.29, 0.717) is 0 Å². The quantitative estimate of drug-likeness (QED) is 0.252. The largest absolute Gasteiger partial charge is 0.485 e. The molecule has 0 bridgehead atoms. The van der Waals surface area contributed by atoms with E-state index >= 15 is 0 Å². The summed E-state index contributed by atoms with van der Waals surface area (Å²) in [5.41, 5.74) is 10.7. The molecule has 2 unspecified atom stereocenters. The van der Waals surface area contributed by atoms with Gasteiger partial charge in [0.1, 0.15) is 11.9 Å². The van der Waals surface area contributed by atoms with E-state index in [1.54, 1.807) is 0 Å². The van der Waals surface area contributed by atoms with E-state index in [1.807, 2.05) is 0 Å². The first-order valence-corrected chi connectivity index (χ1v) is 13.9. The Hall–Kier alpha value is -5.02. The van der Waals surface area contributed by atoms with Crippen LogP contribution in [-0.4, -0.2) is 10.7 Å². The number of anilines is 2. The summed E-state index contributed by atoms with van der Waals surface area (Å²) in [4.78, 5) is 0. The Morgan fingerprint density at radius 3 is 2.15 bits per heavy atom. The maximum atomic E-state index is 6.40. The molecule has 6 aromatic rings. The number of para-hydroxylation sites is 3. The van der Waals surface area contributed by atoms with E-state index in [4.69, 9.17) is 4.74 Å². The molecule has 0 spiro atoms. The summed E-state index contributed by atoms with van der Waals surface area (Å²) in [6.07, 6.45) is 6.80. The summed E-state index contributed by atoms with van der Waals surface area (Å²) in [6, 6.07) is 40.9. The second-order valence-corrected chi connectivity index (χ2v) is 10.7. The first-order chi connectivity index (χ1) is 19.7. The van der Waals surface area contributed by atoms with Gasteiger partial charge in [0.05, 0.1) is 11.0 Å². The molecule has 0 radical (unpaired) electrons. The van der Waals surface area contributed by atoms with Gasteiger partial charge in [0.15, 0.2) is 0 Å². The number of aryl methyl sites for hydroxylation is 1. The first-order valence-electron chi connectivity index (χ1n) is 13.9. The van der Waals surface area contributed by atoms with Gasteiger partial charge in [-0.1, -0.05) is 78.9 Å². The number of hydrogen-bond donors (Lipinski definition) is 1. The van der Waals surface area contributed by atoms with E-state index in [0.717, 1.165) is 17.1 Å². The van der Waals surface area contributed by atoms with Crippen molar-refractivity contribution in [1.82, 2.24) is 4.57 Å². The van der Waals surface area contributed by atoms with Crippen LogP contribution >= 0.6 is 0 Å². The highest BCUT2D eigenvalue weighted by Gasteiger charge is 2.34. The van der Waals surface area contributed by atoms with Crippen LogP contribution < -0.4 is 10.1 Å². The van der Waals surface area contributed by atoms with Gasteiger partial charge in [-0.2, -0.15) is 0 Å². The molecule has 1 aromatic heterocycles. The fraction of sp³-hybridized carbons (Fsp3) is 0.0811. The smallest absolute Gasteiger partial charge is 0.128 e. The Bertz CT molecular complexity index is 1940. The molecule has 192 valence electrons. The van der Waals surface area contributed by atoms with E-state index in [1.165, 1.54) is 49.8 Å². The number of nitrogens with one attached hydrogen (secondary N) is 1. The van der Waals surface area contributed by atoms with E-state index in [-0.39, 0.29) is 12.0 Å². The summed E-state index contributed by atoms with van der Waals surface area (Å²) in [5, 5.41) is 6.26. The molecule has 0 saturated heterocycles. The lowest BCUT2D eigenvalue weighted by Crippen LogP contribution is -2.18. The third-order valence-corrected chi connectivity index (χ3v) is 8.27. The van der Waals surface area contributed by atoms with Crippen LogP contribution in [0, 0.1) is 6.92 Å². The summed E-state index contributed by atoms with van der Waals surface area (Å²) in [7, 11) is 0. The average molecular weight is 517 g/mol. The number of benzene rings is 5. The van der Waals surface area contributed by atoms with Gasteiger partial charge in [0, 0.05) is 44.9 Å². The summed E-state index contributed by atoms with van der Waals surface area (Å²) < 4.78 is 8.78. The van der Waals surface area contributed by atoms with Crippen LogP contribution in [0.3, 0.4) is 0 Å². The van der Waals surface area contributed by atoms with E-state index in [2.05, 4.69) is 150 Å². The van der Waals surface area contributed by atoms with Gasteiger partial charge >= 0.3 is 0 Å². The monoisotopic (exact) mass is 516 g/mol. The molecule has 40 heavy (non-hydrogen) atoms. The van der Waals surface area contributed by atoms with Crippen molar-refractivity contribution in [2.45, 2.75) is 18.9 Å². The van der Waals surface area contributed by atoms with Gasteiger partial charge in [-0.15, -0.1) is 0 Å². The minimum atomic E-state index is 0.00125. The number of rotatable bonds is 4. The number of fused-ring (bicyclic) bond motifs is 6. The van der Waals surface area contributed by atoms with Crippen LogP contribution in [0.4, 0.5) is 11.4 Å². The van der Waals surface area contributed by atoms with Crippen LogP contribution in [0.15, 0.2) is 133 Å². The minimum Gasteiger partial charge on any atom is -0.485 e. The first kappa shape index (κ1) is 22.9. The molecule has 2 heterocycles. The maximum absolute atomic E-state index is 6.40. The van der Waals surface area contributed by atoms with Gasteiger partial charge in [0.2, 0.25) is 0 Å². The van der Waals surface area contributed by atoms with Crippen molar-refractivity contribution < 1.29 is 4.74 Å².